The molecule has 1 aliphatic heterocycles. The van der Waals surface area contributed by atoms with E-state index in [9.17, 15) is 4.39 Å². The number of aliphatic hydroxyl groups excluding tert-OH is 1. The molecule has 0 saturated carbocycles. The molecule has 0 amide bonds. The molecule has 0 spiro atoms. The summed E-state index contributed by atoms with van der Waals surface area (Å²) in [5.41, 5.74) is 1.83. The van der Waals surface area contributed by atoms with Gasteiger partial charge in [0.2, 0.25) is 0 Å². The Morgan fingerprint density at radius 1 is 1.45 bits per heavy atom. The summed E-state index contributed by atoms with van der Waals surface area (Å²) in [6.07, 6.45) is 4.08. The van der Waals surface area contributed by atoms with E-state index in [4.69, 9.17) is 5.11 Å². The Morgan fingerprint density at radius 3 is 3.05 bits per heavy atom. The van der Waals surface area contributed by atoms with Gasteiger partial charge >= 0.3 is 0 Å². The molecule has 1 unspecified atom stereocenters. The van der Waals surface area contributed by atoms with Crippen molar-refractivity contribution in [2.24, 2.45) is 0 Å². The highest BCUT2D eigenvalue weighted by atomic mass is 19.1. The van der Waals surface area contributed by atoms with E-state index in [1.165, 1.54) is 25.0 Å². The molecule has 2 rings (SSSR count). The van der Waals surface area contributed by atoms with Crippen molar-refractivity contribution in [1.82, 2.24) is 4.90 Å². The maximum atomic E-state index is 13.4. The van der Waals surface area contributed by atoms with Crippen LogP contribution in [0.2, 0.25) is 0 Å². The number of likely N-dealkylation sites (tertiary alicyclic amines) is 1. The van der Waals surface area contributed by atoms with E-state index in [2.05, 4.69) is 23.7 Å². The van der Waals surface area contributed by atoms with Crippen LogP contribution in [0.25, 0.3) is 0 Å². The summed E-state index contributed by atoms with van der Waals surface area (Å²) in [7, 11) is 0. The van der Waals surface area contributed by atoms with Crippen molar-refractivity contribution in [2.75, 3.05) is 13.2 Å². The molecule has 0 bridgehead atoms. The first kappa shape index (κ1) is 15.0. The van der Waals surface area contributed by atoms with Gasteiger partial charge < -0.3 is 5.11 Å². The van der Waals surface area contributed by atoms with Gasteiger partial charge in [0.05, 0.1) is 6.61 Å². The lowest BCUT2D eigenvalue weighted by atomic mass is 10.1. The zero-order chi connectivity index (χ0) is 14.4. The van der Waals surface area contributed by atoms with Gasteiger partial charge in [0.25, 0.3) is 0 Å². The van der Waals surface area contributed by atoms with Crippen LogP contribution in [0, 0.1) is 17.7 Å². The third-order valence-electron chi connectivity index (χ3n) is 3.88. The molecule has 1 fully saturated rings. The first-order valence-corrected chi connectivity index (χ1v) is 7.36. The highest BCUT2D eigenvalue weighted by Gasteiger charge is 2.23. The van der Waals surface area contributed by atoms with Gasteiger partial charge in [0, 0.05) is 24.6 Å². The summed E-state index contributed by atoms with van der Waals surface area (Å²) in [6.45, 7) is 4.21. The van der Waals surface area contributed by atoms with Crippen LogP contribution in [0.15, 0.2) is 18.2 Å². The van der Waals surface area contributed by atoms with Gasteiger partial charge in [0.1, 0.15) is 5.82 Å². The quantitative estimate of drug-likeness (QED) is 0.854. The number of halogens is 1. The minimum absolute atomic E-state index is 0.0433. The van der Waals surface area contributed by atoms with Crippen molar-refractivity contribution < 1.29 is 9.50 Å². The smallest absolute Gasteiger partial charge is 0.124 e. The zero-order valence-electron chi connectivity index (χ0n) is 12.0. The van der Waals surface area contributed by atoms with Gasteiger partial charge in [-0.15, -0.1) is 0 Å². The Kier molecular flexibility index (Phi) is 5.58. The second kappa shape index (κ2) is 7.42. The molecule has 0 aromatic heterocycles. The Hall–Kier alpha value is -1.37. The fraction of sp³-hybridized carbons (Fsp3) is 0.529. The van der Waals surface area contributed by atoms with E-state index < -0.39 is 0 Å². The van der Waals surface area contributed by atoms with Gasteiger partial charge in [-0.1, -0.05) is 24.8 Å². The molecule has 2 nitrogen and oxygen atoms in total. The molecular formula is C17H22FNO. The van der Waals surface area contributed by atoms with Gasteiger partial charge in [-0.25, -0.2) is 4.39 Å². The van der Waals surface area contributed by atoms with E-state index in [0.717, 1.165) is 30.6 Å². The van der Waals surface area contributed by atoms with E-state index in [1.54, 1.807) is 0 Å². The predicted molar refractivity (Wildman–Crippen MR) is 78.7 cm³/mol. The first-order chi connectivity index (χ1) is 9.74. The highest BCUT2D eigenvalue weighted by molar-refractivity contribution is 5.41. The molecule has 0 radical (unpaired) electrons. The monoisotopic (exact) mass is 275 g/mol. The summed E-state index contributed by atoms with van der Waals surface area (Å²) >= 11 is 0. The second-order valence-corrected chi connectivity index (χ2v) is 5.25. The van der Waals surface area contributed by atoms with Crippen LogP contribution in [0.5, 0.6) is 0 Å². The SMILES string of the molecule is CCC1CCCN1Cc1ccc(F)cc1C#CCCO. The van der Waals surface area contributed by atoms with Crippen molar-refractivity contribution in [3.63, 3.8) is 0 Å². The molecule has 108 valence electrons. The van der Waals surface area contributed by atoms with Crippen molar-refractivity contribution >= 4 is 0 Å². The van der Waals surface area contributed by atoms with Gasteiger partial charge in [-0.05, 0) is 43.5 Å². The molecule has 1 heterocycles. The fourth-order valence-corrected chi connectivity index (χ4v) is 2.80. The summed E-state index contributed by atoms with van der Waals surface area (Å²) in [6, 6.07) is 5.47. The molecule has 0 aliphatic carbocycles. The van der Waals surface area contributed by atoms with E-state index >= 15 is 0 Å². The number of benzene rings is 1. The third kappa shape index (κ3) is 3.82. The molecule has 1 aromatic rings. The Labute approximate surface area is 120 Å². The summed E-state index contributed by atoms with van der Waals surface area (Å²) < 4.78 is 13.4. The van der Waals surface area contributed by atoms with Gasteiger partial charge in [0.15, 0.2) is 0 Å². The van der Waals surface area contributed by atoms with Crippen LogP contribution in [0.1, 0.15) is 43.7 Å². The first-order valence-electron chi connectivity index (χ1n) is 7.36. The van der Waals surface area contributed by atoms with Crippen LogP contribution in [0.4, 0.5) is 4.39 Å². The molecular weight excluding hydrogens is 253 g/mol. The van der Waals surface area contributed by atoms with Crippen molar-refractivity contribution in [3.8, 4) is 11.8 Å². The molecule has 1 N–H and O–H groups in total. The van der Waals surface area contributed by atoms with Gasteiger partial charge in [-0.3, -0.25) is 4.90 Å². The minimum Gasteiger partial charge on any atom is -0.395 e. The summed E-state index contributed by atoms with van der Waals surface area (Å²) in [5, 5.41) is 8.78. The van der Waals surface area contributed by atoms with Crippen LogP contribution in [-0.2, 0) is 6.54 Å². The summed E-state index contributed by atoms with van der Waals surface area (Å²) in [4.78, 5) is 2.46. The lowest BCUT2D eigenvalue weighted by molar-refractivity contribution is 0.240. The number of hydrogen-bond donors (Lipinski definition) is 1. The van der Waals surface area contributed by atoms with Crippen LogP contribution in [-0.4, -0.2) is 29.2 Å². The van der Waals surface area contributed by atoms with Crippen molar-refractivity contribution in [3.05, 3.63) is 35.1 Å². The summed E-state index contributed by atoms with van der Waals surface area (Å²) in [5.74, 6) is 5.61. The lowest BCUT2D eigenvalue weighted by Crippen LogP contribution is -2.28. The minimum atomic E-state index is -0.254. The Balaban J connectivity index is 2.16. The third-order valence-corrected chi connectivity index (χ3v) is 3.88. The predicted octanol–water partition coefficient (Wildman–Crippen LogP) is 2.93. The number of nitrogens with zero attached hydrogens (tertiary/aromatic N) is 1. The largest absolute Gasteiger partial charge is 0.395 e. The highest BCUT2D eigenvalue weighted by Crippen LogP contribution is 2.23. The number of rotatable bonds is 4. The molecule has 1 aliphatic rings. The maximum absolute atomic E-state index is 13.4. The molecule has 3 heteroatoms. The van der Waals surface area contributed by atoms with Crippen LogP contribution >= 0.6 is 0 Å². The normalized spacial score (nSPS) is 18.9. The Bertz CT molecular complexity index is 503. The molecule has 1 atom stereocenters. The lowest BCUT2D eigenvalue weighted by Gasteiger charge is -2.23. The van der Waals surface area contributed by atoms with Crippen LogP contribution < -0.4 is 0 Å². The van der Waals surface area contributed by atoms with Gasteiger partial charge in [-0.2, -0.15) is 0 Å². The van der Waals surface area contributed by atoms with E-state index in [0.29, 0.717) is 12.5 Å². The van der Waals surface area contributed by atoms with Crippen LogP contribution in [0.3, 0.4) is 0 Å². The Morgan fingerprint density at radius 2 is 2.30 bits per heavy atom. The maximum Gasteiger partial charge on any atom is 0.124 e. The number of aliphatic hydroxyl groups is 1. The molecule has 1 saturated heterocycles. The average molecular weight is 275 g/mol. The van der Waals surface area contributed by atoms with Crippen molar-refractivity contribution in [1.29, 1.82) is 0 Å². The molecule has 1 aromatic carbocycles. The average Bonchev–Trinajstić information content (AvgIpc) is 2.89. The number of hydrogen-bond acceptors (Lipinski definition) is 2. The zero-order valence-corrected chi connectivity index (χ0v) is 12.0. The fourth-order valence-electron chi connectivity index (χ4n) is 2.80. The van der Waals surface area contributed by atoms with E-state index in [1.807, 2.05) is 6.07 Å². The molecule has 20 heavy (non-hydrogen) atoms. The second-order valence-electron chi connectivity index (χ2n) is 5.25. The van der Waals surface area contributed by atoms with Crippen molar-refractivity contribution in [2.45, 2.75) is 45.2 Å². The van der Waals surface area contributed by atoms with E-state index in [-0.39, 0.29) is 12.4 Å². The topological polar surface area (TPSA) is 23.5 Å². The standard InChI is InChI=1S/C17H22FNO/c1-2-17-7-5-10-19(17)13-15-8-9-16(18)12-14(15)6-3-4-11-20/h8-9,12,17,20H,2,4-5,7,10-11,13H2,1H3.